The van der Waals surface area contributed by atoms with Gasteiger partial charge >= 0.3 is 11.9 Å². The predicted octanol–water partition coefficient (Wildman–Crippen LogP) is 12.7. The van der Waals surface area contributed by atoms with Gasteiger partial charge in [-0.25, -0.2) is 0 Å². The number of unbranched alkanes of at least 4 members (excludes halogenated alkanes) is 13. The Morgan fingerprint density at radius 2 is 0.860 bits per heavy atom. The van der Waals surface area contributed by atoms with E-state index in [9.17, 15) is 14.7 Å². The van der Waals surface area contributed by atoms with Gasteiger partial charge in [0.1, 0.15) is 6.61 Å². The molecule has 0 saturated carbocycles. The van der Waals surface area contributed by atoms with E-state index in [0.29, 0.717) is 12.8 Å². The smallest absolute Gasteiger partial charge is 0.306 e. The zero-order chi connectivity index (χ0) is 36.4. The van der Waals surface area contributed by atoms with Crippen molar-refractivity contribution in [2.45, 2.75) is 174 Å². The average Bonchev–Trinajstić information content (AvgIpc) is 3.12. The first-order valence-corrected chi connectivity index (χ1v) is 20.1. The molecule has 1 atom stereocenters. The molecule has 1 unspecified atom stereocenters. The van der Waals surface area contributed by atoms with E-state index in [2.05, 4.69) is 98.9 Å². The zero-order valence-corrected chi connectivity index (χ0v) is 32.1. The number of carbonyl (C=O) groups is 2. The van der Waals surface area contributed by atoms with E-state index >= 15 is 0 Å². The molecule has 0 rings (SSSR count). The molecular weight excluding hydrogens is 620 g/mol. The van der Waals surface area contributed by atoms with Crippen molar-refractivity contribution >= 4 is 11.9 Å². The van der Waals surface area contributed by atoms with Gasteiger partial charge in [0.15, 0.2) is 6.10 Å². The summed E-state index contributed by atoms with van der Waals surface area (Å²) in [5.74, 6) is -0.641. The maximum atomic E-state index is 12.2. The molecule has 0 radical (unpaired) electrons. The van der Waals surface area contributed by atoms with Gasteiger partial charge in [0.2, 0.25) is 0 Å². The van der Waals surface area contributed by atoms with Crippen LogP contribution in [0.4, 0.5) is 0 Å². The normalized spacial score (nSPS) is 13.1. The van der Waals surface area contributed by atoms with Crippen LogP contribution in [0.2, 0.25) is 0 Å². The first-order valence-electron chi connectivity index (χ1n) is 20.1. The lowest BCUT2D eigenvalue weighted by Gasteiger charge is -2.15. The lowest BCUT2D eigenvalue weighted by atomic mass is 10.1. The van der Waals surface area contributed by atoms with Crippen LogP contribution in [-0.4, -0.2) is 36.4 Å². The summed E-state index contributed by atoms with van der Waals surface area (Å²) in [5, 5.41) is 9.56. The number of rotatable bonds is 35. The van der Waals surface area contributed by atoms with Gasteiger partial charge in [-0.05, 0) is 89.9 Å². The summed E-state index contributed by atoms with van der Waals surface area (Å²) in [6.07, 6.45) is 54.9. The first kappa shape index (κ1) is 47.1. The molecule has 1 N–H and O–H groups in total. The molecule has 0 aromatic heterocycles. The highest BCUT2D eigenvalue weighted by molar-refractivity contribution is 5.70. The molecule has 0 aromatic rings. The van der Waals surface area contributed by atoms with E-state index in [1.54, 1.807) is 0 Å². The fraction of sp³-hybridized carbons (Fsp3) is 0.644. The summed E-state index contributed by atoms with van der Waals surface area (Å²) < 4.78 is 10.6. The molecule has 0 amide bonds. The molecule has 0 saturated heterocycles. The molecule has 0 aromatic carbocycles. The molecule has 0 aliphatic carbocycles. The Balaban J connectivity index is 3.66. The van der Waals surface area contributed by atoms with E-state index in [4.69, 9.17) is 9.47 Å². The minimum Gasteiger partial charge on any atom is -0.462 e. The maximum absolute atomic E-state index is 12.2. The van der Waals surface area contributed by atoms with Gasteiger partial charge in [0.25, 0.3) is 0 Å². The Morgan fingerprint density at radius 3 is 1.30 bits per heavy atom. The predicted molar refractivity (Wildman–Crippen MR) is 214 cm³/mol. The Hall–Kier alpha value is -2.92. The molecule has 5 nitrogen and oxygen atoms in total. The van der Waals surface area contributed by atoms with E-state index in [1.807, 2.05) is 0 Å². The van der Waals surface area contributed by atoms with Gasteiger partial charge < -0.3 is 14.6 Å². The number of allylic oxidation sites excluding steroid dienone is 14. The number of carbonyl (C=O) groups excluding carboxylic acids is 2. The van der Waals surface area contributed by atoms with Crippen molar-refractivity contribution in [3.63, 3.8) is 0 Å². The van der Waals surface area contributed by atoms with Crippen LogP contribution in [0.1, 0.15) is 168 Å². The molecule has 0 bridgehead atoms. The highest BCUT2D eigenvalue weighted by Gasteiger charge is 2.16. The number of esters is 2. The van der Waals surface area contributed by atoms with Crippen molar-refractivity contribution in [2.24, 2.45) is 0 Å². The van der Waals surface area contributed by atoms with Crippen LogP contribution in [0.3, 0.4) is 0 Å². The number of ether oxygens (including phenoxy) is 2. The Bertz CT molecular complexity index is 968. The van der Waals surface area contributed by atoms with E-state index in [-0.39, 0.29) is 25.2 Å². The first-order chi connectivity index (χ1) is 24.6. The second-order valence-corrected chi connectivity index (χ2v) is 13.0. The van der Waals surface area contributed by atoms with Crippen molar-refractivity contribution in [1.29, 1.82) is 0 Å². The molecule has 0 aliphatic rings. The maximum Gasteiger partial charge on any atom is 0.306 e. The Kier molecular flexibility index (Phi) is 38.1. The van der Waals surface area contributed by atoms with Crippen molar-refractivity contribution in [1.82, 2.24) is 0 Å². The van der Waals surface area contributed by atoms with Crippen molar-refractivity contribution in [3.05, 3.63) is 85.1 Å². The van der Waals surface area contributed by atoms with Crippen LogP contribution in [0, 0.1) is 0 Å². The molecule has 0 aliphatic heterocycles. The summed E-state index contributed by atoms with van der Waals surface area (Å²) in [7, 11) is 0. The lowest BCUT2D eigenvalue weighted by molar-refractivity contribution is -0.161. The SMILES string of the molecule is CC/C=C\C/C=C\C/C=C\C/C=C\CCCCCCC(=O)OC(CO)COC(=O)CCCCCCCC/C=C\C/C=C\C/C=C\CCCCC. The number of hydrogen-bond donors (Lipinski definition) is 1. The van der Waals surface area contributed by atoms with Crippen LogP contribution in [0.15, 0.2) is 85.1 Å². The van der Waals surface area contributed by atoms with Crippen molar-refractivity contribution in [3.8, 4) is 0 Å². The van der Waals surface area contributed by atoms with Gasteiger partial charge in [0, 0.05) is 12.8 Å². The van der Waals surface area contributed by atoms with Crippen molar-refractivity contribution < 1.29 is 24.2 Å². The summed E-state index contributed by atoms with van der Waals surface area (Å²) in [4.78, 5) is 24.3. The quantitative estimate of drug-likeness (QED) is 0.0406. The van der Waals surface area contributed by atoms with Crippen molar-refractivity contribution in [2.75, 3.05) is 13.2 Å². The van der Waals surface area contributed by atoms with Crippen LogP contribution in [-0.2, 0) is 19.1 Å². The van der Waals surface area contributed by atoms with E-state index in [1.165, 1.54) is 44.9 Å². The largest absolute Gasteiger partial charge is 0.462 e. The highest BCUT2D eigenvalue weighted by Crippen LogP contribution is 2.11. The third-order valence-electron chi connectivity index (χ3n) is 8.17. The highest BCUT2D eigenvalue weighted by atomic mass is 16.6. The van der Waals surface area contributed by atoms with E-state index in [0.717, 1.165) is 96.3 Å². The van der Waals surface area contributed by atoms with Crippen LogP contribution >= 0.6 is 0 Å². The fourth-order valence-electron chi connectivity index (χ4n) is 5.14. The molecule has 0 heterocycles. The Morgan fingerprint density at radius 1 is 0.480 bits per heavy atom. The number of hydrogen-bond acceptors (Lipinski definition) is 5. The number of aliphatic hydroxyl groups is 1. The van der Waals surface area contributed by atoms with E-state index < -0.39 is 6.10 Å². The summed E-state index contributed by atoms with van der Waals surface area (Å²) in [5.41, 5.74) is 0. The van der Waals surface area contributed by atoms with Gasteiger partial charge in [-0.15, -0.1) is 0 Å². The molecule has 0 spiro atoms. The summed E-state index contributed by atoms with van der Waals surface area (Å²) in [6, 6.07) is 0. The van der Waals surface area contributed by atoms with Crippen LogP contribution in [0.25, 0.3) is 0 Å². The summed E-state index contributed by atoms with van der Waals surface area (Å²) in [6.45, 7) is 3.95. The molecular formula is C45H74O5. The second kappa shape index (κ2) is 40.5. The topological polar surface area (TPSA) is 72.8 Å². The standard InChI is InChI=1S/C45H74O5/c1-3-5-7-9-11-13-15-17-19-21-22-24-25-27-29-31-33-35-37-39-44(47)49-42-43(41-46)50-45(48)40-38-36-34-32-30-28-26-23-20-18-16-14-12-10-8-6-4-2/h6,8,11-14,17-20,22,24,26,28,43,46H,3-5,7,9-10,15-16,21,23,25,27,29-42H2,1-2H3/b8-6-,13-11-,14-12-,19-17-,20-18-,24-22-,28-26-. The zero-order valence-electron chi connectivity index (χ0n) is 32.1. The molecule has 5 heteroatoms. The molecule has 50 heavy (non-hydrogen) atoms. The van der Waals surface area contributed by atoms with Crippen LogP contribution in [0.5, 0.6) is 0 Å². The van der Waals surface area contributed by atoms with Gasteiger partial charge in [0.05, 0.1) is 6.61 Å². The third-order valence-corrected chi connectivity index (χ3v) is 8.17. The third kappa shape index (κ3) is 37.9. The lowest BCUT2D eigenvalue weighted by Crippen LogP contribution is -2.28. The monoisotopic (exact) mass is 695 g/mol. The summed E-state index contributed by atoms with van der Waals surface area (Å²) >= 11 is 0. The van der Waals surface area contributed by atoms with Crippen LogP contribution < -0.4 is 0 Å². The minimum atomic E-state index is -0.795. The van der Waals surface area contributed by atoms with Gasteiger partial charge in [-0.2, -0.15) is 0 Å². The van der Waals surface area contributed by atoms with Gasteiger partial charge in [-0.3, -0.25) is 9.59 Å². The minimum absolute atomic E-state index is 0.0879. The molecule has 284 valence electrons. The fourth-order valence-corrected chi connectivity index (χ4v) is 5.14. The Labute approximate surface area is 307 Å². The van der Waals surface area contributed by atoms with Gasteiger partial charge in [-0.1, -0.05) is 150 Å². The second-order valence-electron chi connectivity index (χ2n) is 13.0. The number of aliphatic hydroxyl groups excluding tert-OH is 1. The average molecular weight is 695 g/mol. The molecule has 0 fully saturated rings.